The van der Waals surface area contributed by atoms with E-state index >= 15 is 0 Å². The summed E-state index contributed by atoms with van der Waals surface area (Å²) in [4.78, 5) is 23.8. The fraction of sp³-hybridized carbons (Fsp3) is 0.591. The van der Waals surface area contributed by atoms with Crippen molar-refractivity contribution in [2.45, 2.75) is 39.2 Å². The van der Waals surface area contributed by atoms with Crippen LogP contribution in [0.4, 0.5) is 5.88 Å². The molecule has 30 heavy (non-hydrogen) atoms. The van der Waals surface area contributed by atoms with Crippen LogP contribution in [0.15, 0.2) is 27.2 Å². The lowest BCUT2D eigenvalue weighted by molar-refractivity contribution is -0.135. The van der Waals surface area contributed by atoms with Crippen molar-refractivity contribution in [2.24, 2.45) is 5.92 Å². The van der Waals surface area contributed by atoms with E-state index in [0.29, 0.717) is 36.7 Å². The van der Waals surface area contributed by atoms with Gasteiger partial charge in [-0.1, -0.05) is 13.8 Å². The maximum atomic E-state index is 13.1. The van der Waals surface area contributed by atoms with Gasteiger partial charge >= 0.3 is 0 Å². The molecule has 1 atom stereocenters. The van der Waals surface area contributed by atoms with E-state index in [1.807, 2.05) is 9.80 Å². The summed E-state index contributed by atoms with van der Waals surface area (Å²) < 4.78 is 11.2. The fourth-order valence-corrected chi connectivity index (χ4v) is 4.67. The second kappa shape index (κ2) is 8.92. The van der Waals surface area contributed by atoms with Gasteiger partial charge in [-0.15, -0.1) is 0 Å². The molecule has 2 aromatic heterocycles. The van der Waals surface area contributed by atoms with Gasteiger partial charge in [0.1, 0.15) is 6.07 Å². The number of nitriles is 1. The molecular formula is C22H29N5O3. The Kier molecular flexibility index (Phi) is 6.09. The largest absolute Gasteiger partial charge is 0.459 e. The molecule has 0 aliphatic carbocycles. The minimum Gasteiger partial charge on any atom is -0.459 e. The van der Waals surface area contributed by atoms with E-state index in [1.54, 1.807) is 18.4 Å². The Morgan fingerprint density at radius 1 is 1.27 bits per heavy atom. The van der Waals surface area contributed by atoms with Crippen molar-refractivity contribution >= 4 is 11.8 Å². The number of rotatable bonds is 6. The summed E-state index contributed by atoms with van der Waals surface area (Å²) in [7, 11) is 0. The molecule has 2 aliphatic rings. The van der Waals surface area contributed by atoms with Crippen LogP contribution in [-0.4, -0.2) is 66.0 Å². The lowest BCUT2D eigenvalue weighted by atomic mass is 9.95. The van der Waals surface area contributed by atoms with Gasteiger partial charge in [-0.3, -0.25) is 9.69 Å². The highest BCUT2D eigenvalue weighted by atomic mass is 16.4. The van der Waals surface area contributed by atoms with E-state index in [4.69, 9.17) is 8.83 Å². The average molecular weight is 412 g/mol. The normalized spacial score (nSPS) is 20.1. The Balaban J connectivity index is 1.37. The van der Waals surface area contributed by atoms with Gasteiger partial charge in [0.05, 0.1) is 6.26 Å². The predicted octanol–water partition coefficient (Wildman–Crippen LogP) is 2.97. The number of carbonyl (C=O) groups is 1. The summed E-state index contributed by atoms with van der Waals surface area (Å²) >= 11 is 0. The number of anilines is 1. The van der Waals surface area contributed by atoms with E-state index in [2.05, 4.69) is 29.8 Å². The molecule has 0 aromatic carbocycles. The van der Waals surface area contributed by atoms with Crippen LogP contribution in [-0.2, 0) is 4.79 Å². The Morgan fingerprint density at radius 2 is 2.03 bits per heavy atom. The molecule has 2 fully saturated rings. The zero-order valence-electron chi connectivity index (χ0n) is 17.7. The first-order valence-corrected chi connectivity index (χ1v) is 10.9. The zero-order chi connectivity index (χ0) is 21.1. The van der Waals surface area contributed by atoms with Gasteiger partial charge in [0, 0.05) is 38.1 Å². The average Bonchev–Trinajstić information content (AvgIpc) is 3.54. The van der Waals surface area contributed by atoms with Crippen molar-refractivity contribution in [3.05, 3.63) is 24.1 Å². The summed E-state index contributed by atoms with van der Waals surface area (Å²) in [6.45, 7) is 9.46. The number of oxazole rings is 1. The SMILES string of the molecule is CCN(CC)C1CCN(C(=O)C2CCN(c3oc(-c4ccco4)nc3C#N)CC2)C1. The molecule has 4 rings (SSSR count). The lowest BCUT2D eigenvalue weighted by Gasteiger charge is -2.33. The van der Waals surface area contributed by atoms with Gasteiger partial charge in [0.25, 0.3) is 5.89 Å². The summed E-state index contributed by atoms with van der Waals surface area (Å²) in [6, 6.07) is 6.10. The van der Waals surface area contributed by atoms with Crippen LogP contribution in [0.25, 0.3) is 11.7 Å². The Morgan fingerprint density at radius 3 is 2.67 bits per heavy atom. The zero-order valence-corrected chi connectivity index (χ0v) is 17.7. The number of likely N-dealkylation sites (tertiary alicyclic amines) is 1. The Hall–Kier alpha value is -2.79. The van der Waals surface area contributed by atoms with E-state index in [0.717, 1.165) is 45.4 Å². The molecule has 8 heteroatoms. The van der Waals surface area contributed by atoms with Crippen molar-refractivity contribution in [3.8, 4) is 17.7 Å². The molecule has 0 radical (unpaired) electrons. The minimum absolute atomic E-state index is 0.0368. The van der Waals surface area contributed by atoms with Gasteiger partial charge in [-0.05, 0) is 44.5 Å². The van der Waals surface area contributed by atoms with E-state index in [1.165, 1.54) is 0 Å². The van der Waals surface area contributed by atoms with E-state index < -0.39 is 0 Å². The quantitative estimate of drug-likeness (QED) is 0.722. The van der Waals surface area contributed by atoms with Gasteiger partial charge < -0.3 is 18.6 Å². The van der Waals surface area contributed by atoms with Crippen molar-refractivity contribution in [1.29, 1.82) is 5.26 Å². The second-order valence-corrected chi connectivity index (χ2v) is 7.97. The third-order valence-corrected chi connectivity index (χ3v) is 6.38. The first-order chi connectivity index (χ1) is 14.6. The van der Waals surface area contributed by atoms with Crippen molar-refractivity contribution in [3.63, 3.8) is 0 Å². The van der Waals surface area contributed by atoms with Crippen LogP contribution in [0.2, 0.25) is 0 Å². The van der Waals surface area contributed by atoms with Gasteiger partial charge in [-0.25, -0.2) is 0 Å². The summed E-state index contributed by atoms with van der Waals surface area (Å²) in [5, 5.41) is 9.46. The molecule has 2 aromatic rings. The molecular weight excluding hydrogens is 382 g/mol. The number of carbonyl (C=O) groups excluding carboxylic acids is 1. The highest BCUT2D eigenvalue weighted by Crippen LogP contribution is 2.32. The van der Waals surface area contributed by atoms with Crippen molar-refractivity contribution in [1.82, 2.24) is 14.8 Å². The number of hydrogen-bond donors (Lipinski definition) is 0. The third-order valence-electron chi connectivity index (χ3n) is 6.38. The maximum Gasteiger partial charge on any atom is 0.266 e. The van der Waals surface area contributed by atoms with Crippen LogP contribution in [0.5, 0.6) is 0 Å². The number of amides is 1. The predicted molar refractivity (Wildman–Crippen MR) is 112 cm³/mol. The lowest BCUT2D eigenvalue weighted by Crippen LogP contribution is -2.43. The van der Waals surface area contributed by atoms with Crippen molar-refractivity contribution in [2.75, 3.05) is 44.2 Å². The second-order valence-electron chi connectivity index (χ2n) is 7.97. The summed E-state index contributed by atoms with van der Waals surface area (Å²) in [5.74, 6) is 1.59. The fourth-order valence-electron chi connectivity index (χ4n) is 4.67. The molecule has 2 aliphatic heterocycles. The first kappa shape index (κ1) is 20.5. The topological polar surface area (TPSA) is 89.8 Å². The van der Waals surface area contributed by atoms with Gasteiger partial charge in [0.15, 0.2) is 5.76 Å². The van der Waals surface area contributed by atoms with Crippen LogP contribution in [0.3, 0.4) is 0 Å². The van der Waals surface area contributed by atoms with Crippen LogP contribution < -0.4 is 4.90 Å². The third kappa shape index (κ3) is 3.94. The number of likely N-dealkylation sites (N-methyl/N-ethyl adjacent to an activating group) is 1. The maximum absolute atomic E-state index is 13.1. The molecule has 4 heterocycles. The number of aromatic nitrogens is 1. The Labute approximate surface area is 177 Å². The molecule has 1 amide bonds. The minimum atomic E-state index is 0.0368. The highest BCUT2D eigenvalue weighted by Gasteiger charge is 2.35. The van der Waals surface area contributed by atoms with Gasteiger partial charge in [-0.2, -0.15) is 10.2 Å². The van der Waals surface area contributed by atoms with Crippen LogP contribution in [0.1, 0.15) is 38.8 Å². The molecule has 8 nitrogen and oxygen atoms in total. The smallest absolute Gasteiger partial charge is 0.266 e. The summed E-state index contributed by atoms with van der Waals surface area (Å²) in [6.07, 6.45) is 4.12. The molecule has 0 saturated carbocycles. The molecule has 160 valence electrons. The monoisotopic (exact) mass is 411 g/mol. The number of piperidine rings is 1. The van der Waals surface area contributed by atoms with Crippen LogP contribution in [0, 0.1) is 17.2 Å². The molecule has 0 bridgehead atoms. The molecule has 0 spiro atoms. The van der Waals surface area contributed by atoms with Crippen LogP contribution >= 0.6 is 0 Å². The summed E-state index contributed by atoms with van der Waals surface area (Å²) in [5.41, 5.74) is 0.257. The van der Waals surface area contributed by atoms with E-state index in [9.17, 15) is 10.1 Å². The number of hydrogen-bond acceptors (Lipinski definition) is 7. The highest BCUT2D eigenvalue weighted by molar-refractivity contribution is 5.79. The van der Waals surface area contributed by atoms with E-state index in [-0.39, 0.29) is 17.5 Å². The van der Waals surface area contributed by atoms with Gasteiger partial charge in [0.2, 0.25) is 17.5 Å². The molecule has 2 saturated heterocycles. The molecule has 1 unspecified atom stereocenters. The first-order valence-electron chi connectivity index (χ1n) is 10.9. The number of furan rings is 1. The standard InChI is InChI=1S/C22H29N5O3/c1-3-25(4-2)17-9-12-27(15-17)21(28)16-7-10-26(11-8-16)22-18(14-23)24-20(30-22)19-6-5-13-29-19/h5-6,13,16-17H,3-4,7-12,15H2,1-2H3. The van der Waals surface area contributed by atoms with Crippen molar-refractivity contribution < 1.29 is 13.6 Å². The molecule has 0 N–H and O–H groups in total. The number of nitrogens with zero attached hydrogens (tertiary/aromatic N) is 5. The Bertz CT molecular complexity index is 889.